The number of nitrogens with zero attached hydrogens (tertiary/aromatic N) is 1. The molecular formula is C9H11NO4. The van der Waals surface area contributed by atoms with Crippen LogP contribution in [-0.4, -0.2) is 40.3 Å². The molecule has 0 aromatic carbocycles. The predicted molar refractivity (Wildman–Crippen MR) is 47.2 cm³/mol. The Bertz CT molecular complexity index is 281. The lowest BCUT2D eigenvalue weighted by molar-refractivity contribution is -0.140. The van der Waals surface area contributed by atoms with Gasteiger partial charge in [-0.15, -0.1) is 0 Å². The van der Waals surface area contributed by atoms with Crippen molar-refractivity contribution in [2.24, 2.45) is 0 Å². The second-order valence-corrected chi connectivity index (χ2v) is 3.02. The second kappa shape index (κ2) is 4.15. The van der Waals surface area contributed by atoms with Gasteiger partial charge in [-0.3, -0.25) is 19.3 Å². The normalized spacial score (nSPS) is 18.5. The molecule has 1 rings (SSSR count). The van der Waals surface area contributed by atoms with Crippen molar-refractivity contribution in [3.63, 3.8) is 0 Å². The number of rotatable bonds is 4. The molecule has 1 aliphatic heterocycles. The quantitative estimate of drug-likeness (QED) is 0.475. The summed E-state index contributed by atoms with van der Waals surface area (Å²) in [6, 6.07) is 0. The maximum absolute atomic E-state index is 11.1. The Kier molecular flexibility index (Phi) is 3.14. The molecule has 1 aliphatic rings. The molecule has 1 atom stereocenters. The largest absolute Gasteiger partial charge is 0.383 e. The summed E-state index contributed by atoms with van der Waals surface area (Å²) in [7, 11) is 0. The molecule has 0 spiro atoms. The van der Waals surface area contributed by atoms with E-state index in [9.17, 15) is 19.5 Å². The number of aliphatic hydroxyl groups is 1. The summed E-state index contributed by atoms with van der Waals surface area (Å²) in [6.07, 6.45) is -0.0596. The number of β-amino-alcohol motifs (C(OH)–C–C–N with tert-alkyl or cyclic N) is 1. The van der Waals surface area contributed by atoms with Crippen molar-refractivity contribution in [2.45, 2.75) is 18.9 Å². The highest BCUT2D eigenvalue weighted by Crippen LogP contribution is 2.12. The van der Waals surface area contributed by atoms with Gasteiger partial charge in [0, 0.05) is 12.8 Å². The molecule has 0 saturated carbocycles. The summed E-state index contributed by atoms with van der Waals surface area (Å²) in [5, 5.41) is 9.25. The summed E-state index contributed by atoms with van der Waals surface area (Å²) in [5.74, 6) is -1.27. The Balaban J connectivity index is 2.59. The van der Waals surface area contributed by atoms with E-state index in [0.717, 1.165) is 11.0 Å². The van der Waals surface area contributed by atoms with Crippen LogP contribution in [0.2, 0.25) is 0 Å². The van der Waals surface area contributed by atoms with Crippen LogP contribution in [0.25, 0.3) is 0 Å². The first-order valence-corrected chi connectivity index (χ1v) is 4.23. The summed E-state index contributed by atoms with van der Waals surface area (Å²) in [5.41, 5.74) is 0. The molecule has 0 aromatic heterocycles. The number of amides is 2. The minimum atomic E-state index is -1.35. The first kappa shape index (κ1) is 10.6. The molecule has 0 aliphatic carbocycles. The third kappa shape index (κ3) is 2.05. The molecule has 1 saturated heterocycles. The second-order valence-electron chi connectivity index (χ2n) is 3.02. The zero-order valence-corrected chi connectivity index (χ0v) is 7.60. The van der Waals surface area contributed by atoms with Gasteiger partial charge in [-0.1, -0.05) is 6.58 Å². The molecule has 5 nitrogen and oxygen atoms in total. The average molecular weight is 197 g/mol. The molecule has 2 amide bonds. The predicted octanol–water partition coefficient (Wildman–Crippen LogP) is -0.749. The topological polar surface area (TPSA) is 74.7 Å². The summed E-state index contributed by atoms with van der Waals surface area (Å²) in [6.45, 7) is 2.94. The monoisotopic (exact) mass is 197 g/mol. The summed E-state index contributed by atoms with van der Waals surface area (Å²) in [4.78, 5) is 34.0. The van der Waals surface area contributed by atoms with Gasteiger partial charge in [0.2, 0.25) is 11.8 Å². The molecule has 5 heteroatoms. The molecule has 0 aromatic rings. The average Bonchev–Trinajstić information content (AvgIpc) is 2.48. The highest BCUT2D eigenvalue weighted by Gasteiger charge is 2.31. The molecule has 1 fully saturated rings. The van der Waals surface area contributed by atoms with Gasteiger partial charge >= 0.3 is 0 Å². The van der Waals surface area contributed by atoms with Gasteiger partial charge in [-0.2, -0.15) is 0 Å². The summed E-state index contributed by atoms with van der Waals surface area (Å²) >= 11 is 0. The van der Waals surface area contributed by atoms with Crippen molar-refractivity contribution in [1.82, 2.24) is 4.90 Å². The zero-order chi connectivity index (χ0) is 10.7. The van der Waals surface area contributed by atoms with Gasteiger partial charge in [-0.25, -0.2) is 0 Å². The van der Waals surface area contributed by atoms with Crippen molar-refractivity contribution in [3.8, 4) is 0 Å². The highest BCUT2D eigenvalue weighted by atomic mass is 16.3. The van der Waals surface area contributed by atoms with Crippen LogP contribution >= 0.6 is 0 Å². The number of carbonyl (C=O) groups excluding carboxylic acids is 3. The number of aliphatic hydroxyl groups excluding tert-OH is 1. The summed E-state index contributed by atoms with van der Waals surface area (Å²) < 4.78 is 0. The van der Waals surface area contributed by atoms with Crippen LogP contribution in [0.1, 0.15) is 12.8 Å². The lowest BCUT2D eigenvalue weighted by Gasteiger charge is -2.16. The van der Waals surface area contributed by atoms with Crippen molar-refractivity contribution in [3.05, 3.63) is 12.7 Å². The fraction of sp³-hybridized carbons (Fsp3) is 0.444. The minimum Gasteiger partial charge on any atom is -0.383 e. The number of hydrogen-bond donors (Lipinski definition) is 1. The number of carbonyl (C=O) groups is 3. The lowest BCUT2D eigenvalue weighted by Crippen LogP contribution is -2.39. The van der Waals surface area contributed by atoms with E-state index in [4.69, 9.17) is 0 Å². The van der Waals surface area contributed by atoms with Crippen LogP contribution in [0.4, 0.5) is 0 Å². The van der Waals surface area contributed by atoms with Gasteiger partial charge in [0.1, 0.15) is 6.10 Å². The Morgan fingerprint density at radius 1 is 1.50 bits per heavy atom. The fourth-order valence-electron chi connectivity index (χ4n) is 1.23. The van der Waals surface area contributed by atoms with Gasteiger partial charge in [0.05, 0.1) is 6.54 Å². The first-order valence-electron chi connectivity index (χ1n) is 4.23. The van der Waals surface area contributed by atoms with Gasteiger partial charge in [0.25, 0.3) is 0 Å². The third-order valence-electron chi connectivity index (χ3n) is 2.04. The fourth-order valence-corrected chi connectivity index (χ4v) is 1.23. The maximum atomic E-state index is 11.1. The van der Waals surface area contributed by atoms with Crippen LogP contribution < -0.4 is 0 Å². The Labute approximate surface area is 81.0 Å². The first-order chi connectivity index (χ1) is 6.56. The lowest BCUT2D eigenvalue weighted by atomic mass is 10.2. The van der Waals surface area contributed by atoms with E-state index in [0.29, 0.717) is 0 Å². The smallest absolute Gasteiger partial charge is 0.229 e. The molecular weight excluding hydrogens is 186 g/mol. The van der Waals surface area contributed by atoms with Crippen LogP contribution in [0.3, 0.4) is 0 Å². The van der Waals surface area contributed by atoms with E-state index in [1.165, 1.54) is 0 Å². The van der Waals surface area contributed by atoms with Gasteiger partial charge in [0.15, 0.2) is 5.78 Å². The van der Waals surface area contributed by atoms with E-state index < -0.39 is 11.9 Å². The molecule has 0 radical (unpaired) electrons. The number of imide groups is 1. The number of hydrogen-bond acceptors (Lipinski definition) is 4. The zero-order valence-electron chi connectivity index (χ0n) is 7.60. The molecule has 1 unspecified atom stereocenters. The van der Waals surface area contributed by atoms with E-state index >= 15 is 0 Å². The van der Waals surface area contributed by atoms with E-state index in [1.807, 2.05) is 0 Å². The van der Waals surface area contributed by atoms with Crippen molar-refractivity contribution < 1.29 is 19.5 Å². The minimum absolute atomic E-state index is 0.161. The van der Waals surface area contributed by atoms with Crippen LogP contribution in [0.5, 0.6) is 0 Å². The van der Waals surface area contributed by atoms with Crippen LogP contribution in [0, 0.1) is 0 Å². The van der Waals surface area contributed by atoms with Crippen LogP contribution in [-0.2, 0) is 14.4 Å². The highest BCUT2D eigenvalue weighted by molar-refractivity contribution is 6.03. The maximum Gasteiger partial charge on any atom is 0.229 e. The Morgan fingerprint density at radius 3 is 2.43 bits per heavy atom. The molecule has 1 N–H and O–H groups in total. The molecule has 1 heterocycles. The van der Waals surface area contributed by atoms with Crippen LogP contribution in [0.15, 0.2) is 12.7 Å². The van der Waals surface area contributed by atoms with Gasteiger partial charge in [-0.05, 0) is 6.08 Å². The van der Waals surface area contributed by atoms with E-state index in [-0.39, 0.29) is 31.2 Å². The Morgan fingerprint density at radius 2 is 2.00 bits per heavy atom. The van der Waals surface area contributed by atoms with Crippen molar-refractivity contribution in [1.29, 1.82) is 0 Å². The Hall–Kier alpha value is -1.49. The van der Waals surface area contributed by atoms with Crippen molar-refractivity contribution >= 4 is 17.6 Å². The molecule has 76 valence electrons. The molecule has 0 bridgehead atoms. The van der Waals surface area contributed by atoms with Gasteiger partial charge < -0.3 is 5.11 Å². The van der Waals surface area contributed by atoms with E-state index in [1.54, 1.807) is 0 Å². The SMILES string of the molecule is C=CC(=O)C(O)CN1C(=O)CCC1=O. The number of ketones is 1. The molecule has 14 heavy (non-hydrogen) atoms. The van der Waals surface area contributed by atoms with Crippen molar-refractivity contribution in [2.75, 3.05) is 6.54 Å². The van der Waals surface area contributed by atoms with E-state index in [2.05, 4.69) is 6.58 Å². The third-order valence-corrected chi connectivity index (χ3v) is 2.04. The number of likely N-dealkylation sites (tertiary alicyclic amines) is 1. The standard InChI is InChI=1S/C9H11NO4/c1-2-6(11)7(12)5-10-8(13)3-4-9(10)14/h2,7,12H,1,3-5H2.